The van der Waals surface area contributed by atoms with Crippen LogP contribution in [0, 0.1) is 37.5 Å². The summed E-state index contributed by atoms with van der Waals surface area (Å²) in [4.78, 5) is 56.5. The Morgan fingerprint density at radius 2 is 0.904 bits per heavy atom. The third-order valence-electron chi connectivity index (χ3n) is 9.34. The van der Waals surface area contributed by atoms with Crippen LogP contribution in [-0.4, -0.2) is 56.9 Å². The van der Waals surface area contributed by atoms with E-state index in [0.717, 1.165) is 22.3 Å². The minimum atomic E-state index is -1.48. The molecule has 2 N–H and O–H groups in total. The highest BCUT2D eigenvalue weighted by Crippen LogP contribution is 2.49. The Balaban J connectivity index is 1.30. The Bertz CT molecular complexity index is 1730. The summed E-state index contributed by atoms with van der Waals surface area (Å²) in [6, 6.07) is 29.8. The van der Waals surface area contributed by atoms with Crippen LogP contribution in [0.15, 0.2) is 97.1 Å². The van der Waals surface area contributed by atoms with Crippen LogP contribution in [0.1, 0.15) is 48.9 Å². The molecule has 5 rings (SSSR count). The minimum Gasteiger partial charge on any atom is -0.481 e. The highest BCUT2D eigenvalue weighted by Gasteiger charge is 2.64. The lowest BCUT2D eigenvalue weighted by Gasteiger charge is -2.48. The molecule has 0 aromatic heterocycles. The third-order valence-corrected chi connectivity index (χ3v) is 9.34. The molecule has 4 aromatic carbocycles. The Kier molecular flexibility index (Phi) is 12.3. The molecular formula is C42H46N2O8. The van der Waals surface area contributed by atoms with Crippen LogP contribution >= 0.6 is 0 Å². The maximum absolute atomic E-state index is 14.1. The van der Waals surface area contributed by atoms with Crippen LogP contribution in [-0.2, 0) is 32.3 Å². The van der Waals surface area contributed by atoms with Crippen LogP contribution in [0.3, 0.4) is 0 Å². The maximum Gasteiger partial charge on any atom is 0.308 e. The first kappa shape index (κ1) is 37.6. The van der Waals surface area contributed by atoms with Gasteiger partial charge in [0, 0.05) is 26.2 Å². The second-order valence-electron chi connectivity index (χ2n) is 13.4. The zero-order valence-electron chi connectivity index (χ0n) is 30.0. The van der Waals surface area contributed by atoms with Gasteiger partial charge in [-0.3, -0.25) is 19.2 Å². The Hall–Kier alpha value is -5.64. The lowest BCUT2D eigenvalue weighted by atomic mass is 9.55. The summed E-state index contributed by atoms with van der Waals surface area (Å²) in [5.74, 6) is -7.01. The fraction of sp³-hybridized carbons (Fsp3) is 0.333. The second kappa shape index (κ2) is 17.0. The number of amides is 2. The smallest absolute Gasteiger partial charge is 0.308 e. The number of nitrogens with zero attached hydrogens (tertiary/aromatic N) is 2. The first-order chi connectivity index (χ1) is 25.0. The van der Waals surface area contributed by atoms with E-state index in [1.807, 2.05) is 100 Å². The zero-order valence-corrected chi connectivity index (χ0v) is 30.0. The van der Waals surface area contributed by atoms with E-state index in [1.54, 1.807) is 24.3 Å². The minimum absolute atomic E-state index is 0.150. The van der Waals surface area contributed by atoms with Gasteiger partial charge in [0.25, 0.3) is 0 Å². The number of carbonyl (C=O) groups excluding carboxylic acids is 2. The van der Waals surface area contributed by atoms with Gasteiger partial charge in [0.05, 0.1) is 23.7 Å². The van der Waals surface area contributed by atoms with E-state index in [9.17, 15) is 29.4 Å². The summed E-state index contributed by atoms with van der Waals surface area (Å²) in [5, 5.41) is 20.7. The number of benzene rings is 4. The lowest BCUT2D eigenvalue weighted by molar-refractivity contribution is -0.187. The summed E-state index contributed by atoms with van der Waals surface area (Å²) >= 11 is 0. The number of carbonyl (C=O) groups is 4. The van der Waals surface area contributed by atoms with E-state index in [4.69, 9.17) is 9.47 Å². The largest absolute Gasteiger partial charge is 0.481 e. The molecule has 0 saturated heterocycles. The molecule has 2 amide bonds. The van der Waals surface area contributed by atoms with E-state index in [1.165, 1.54) is 9.80 Å². The molecule has 0 unspecified atom stereocenters. The van der Waals surface area contributed by atoms with Crippen molar-refractivity contribution in [2.75, 3.05) is 13.1 Å². The second-order valence-corrected chi connectivity index (χ2v) is 13.4. The molecule has 1 aliphatic rings. The van der Waals surface area contributed by atoms with Crippen molar-refractivity contribution < 1.29 is 38.9 Å². The summed E-state index contributed by atoms with van der Waals surface area (Å²) in [6.45, 7) is 8.61. The van der Waals surface area contributed by atoms with Gasteiger partial charge in [0.2, 0.25) is 11.8 Å². The molecule has 0 heterocycles. The van der Waals surface area contributed by atoms with Gasteiger partial charge >= 0.3 is 11.9 Å². The molecule has 0 spiro atoms. The van der Waals surface area contributed by atoms with Crippen molar-refractivity contribution in [2.24, 2.45) is 23.7 Å². The van der Waals surface area contributed by atoms with Gasteiger partial charge in [-0.1, -0.05) is 62.4 Å². The fourth-order valence-corrected chi connectivity index (χ4v) is 6.87. The number of carboxylic acid groups (broad SMARTS) is 2. The van der Waals surface area contributed by atoms with Gasteiger partial charge in [-0.25, -0.2) is 0 Å². The average Bonchev–Trinajstić information content (AvgIpc) is 3.08. The van der Waals surface area contributed by atoms with Gasteiger partial charge in [-0.05, 0) is 97.5 Å². The van der Waals surface area contributed by atoms with Gasteiger partial charge in [0.1, 0.15) is 23.0 Å². The van der Waals surface area contributed by atoms with Crippen LogP contribution < -0.4 is 9.47 Å². The van der Waals surface area contributed by atoms with Crippen LogP contribution in [0.5, 0.6) is 23.0 Å². The standard InChI is InChI=1S/C42H46N2O8/c1-5-21-43(25-29-13-17-31(18-14-29)51-33-11-7-9-27(3)23-33)39(45)35-37(41(47)48)36(38(35)42(49)50)40(46)44(22-6-2)26-30-15-19-32(20-16-30)52-34-12-8-10-28(4)24-34/h7-20,23-24,35-38H,5-6,21-22,25-26H2,1-4H3,(H,47,48)(H,49,50)/t35-,36-,37-,38-. The number of rotatable bonds is 16. The predicted molar refractivity (Wildman–Crippen MR) is 196 cm³/mol. The molecule has 1 fully saturated rings. The molecule has 0 atom stereocenters. The first-order valence-electron chi connectivity index (χ1n) is 17.7. The summed E-state index contributed by atoms with van der Waals surface area (Å²) in [5.41, 5.74) is 3.67. The number of ether oxygens (including phenoxy) is 2. The average molecular weight is 707 g/mol. The molecule has 4 aromatic rings. The fourth-order valence-electron chi connectivity index (χ4n) is 6.87. The Morgan fingerprint density at radius 3 is 1.21 bits per heavy atom. The molecule has 1 saturated carbocycles. The van der Waals surface area contributed by atoms with Crippen molar-refractivity contribution in [3.8, 4) is 23.0 Å². The van der Waals surface area contributed by atoms with Gasteiger partial charge in [0.15, 0.2) is 0 Å². The predicted octanol–water partition coefficient (Wildman–Crippen LogP) is 7.71. The molecule has 272 valence electrons. The van der Waals surface area contributed by atoms with Crippen molar-refractivity contribution in [1.82, 2.24) is 9.80 Å². The number of hydrogen-bond donors (Lipinski definition) is 2. The van der Waals surface area contributed by atoms with Crippen molar-refractivity contribution in [2.45, 2.75) is 53.6 Å². The van der Waals surface area contributed by atoms with Crippen molar-refractivity contribution in [1.29, 1.82) is 0 Å². The van der Waals surface area contributed by atoms with Gasteiger partial charge in [-0.2, -0.15) is 0 Å². The van der Waals surface area contributed by atoms with Gasteiger partial charge < -0.3 is 29.5 Å². The van der Waals surface area contributed by atoms with E-state index < -0.39 is 47.4 Å². The van der Waals surface area contributed by atoms with E-state index in [-0.39, 0.29) is 13.1 Å². The van der Waals surface area contributed by atoms with E-state index in [2.05, 4.69) is 0 Å². The summed E-state index contributed by atoms with van der Waals surface area (Å²) in [6.07, 6.45) is 1.15. The summed E-state index contributed by atoms with van der Waals surface area (Å²) < 4.78 is 11.9. The zero-order chi connectivity index (χ0) is 37.4. The molecule has 52 heavy (non-hydrogen) atoms. The molecule has 10 nitrogen and oxygen atoms in total. The number of aliphatic carboxylic acids is 2. The molecule has 0 radical (unpaired) electrons. The molecule has 10 heteroatoms. The SMILES string of the molecule is CCCN(Cc1ccc(Oc2cccc(C)c2)cc1)C(=O)[C@H]1[C@H](C(=O)O)[C@H](C(=O)N(CCC)Cc2ccc(Oc3cccc(C)c3)cc2)[C@H]1C(=O)O. The number of aryl methyl sites for hydroxylation is 2. The number of carboxylic acids is 2. The molecular weight excluding hydrogens is 660 g/mol. The van der Waals surface area contributed by atoms with E-state index >= 15 is 0 Å². The monoisotopic (exact) mass is 706 g/mol. The quantitative estimate of drug-likeness (QED) is 0.121. The van der Waals surface area contributed by atoms with Crippen LogP contribution in [0.25, 0.3) is 0 Å². The molecule has 0 bridgehead atoms. The van der Waals surface area contributed by atoms with Crippen molar-refractivity contribution in [3.63, 3.8) is 0 Å². The lowest BCUT2D eigenvalue weighted by Crippen LogP contribution is -2.64. The maximum atomic E-state index is 14.1. The molecule has 0 aliphatic heterocycles. The highest BCUT2D eigenvalue weighted by atomic mass is 16.5. The highest BCUT2D eigenvalue weighted by molar-refractivity contribution is 5.99. The first-order valence-corrected chi connectivity index (χ1v) is 17.7. The third kappa shape index (κ3) is 8.98. The van der Waals surface area contributed by atoms with Gasteiger partial charge in [-0.15, -0.1) is 0 Å². The topological polar surface area (TPSA) is 134 Å². The van der Waals surface area contributed by atoms with E-state index in [0.29, 0.717) is 48.9 Å². The van der Waals surface area contributed by atoms with Crippen molar-refractivity contribution >= 4 is 23.8 Å². The Morgan fingerprint density at radius 1 is 0.538 bits per heavy atom. The Labute approximate surface area is 304 Å². The normalized spacial score (nSPS) is 17.8. The van der Waals surface area contributed by atoms with Crippen molar-refractivity contribution in [3.05, 3.63) is 119 Å². The van der Waals surface area contributed by atoms with Crippen LogP contribution in [0.4, 0.5) is 0 Å². The van der Waals surface area contributed by atoms with Crippen LogP contribution in [0.2, 0.25) is 0 Å². The summed E-state index contributed by atoms with van der Waals surface area (Å²) in [7, 11) is 0. The molecule has 1 aliphatic carbocycles. The number of hydrogen-bond acceptors (Lipinski definition) is 6.